The van der Waals surface area contributed by atoms with Crippen LogP contribution in [0.3, 0.4) is 0 Å². The van der Waals surface area contributed by atoms with Gasteiger partial charge in [0, 0.05) is 50.1 Å². The molecule has 0 unspecified atom stereocenters. The van der Waals surface area contributed by atoms with Gasteiger partial charge >= 0.3 is 0 Å². The zero-order valence-corrected chi connectivity index (χ0v) is 16.3. The summed E-state index contributed by atoms with van der Waals surface area (Å²) in [5.41, 5.74) is 5.19. The zero-order chi connectivity index (χ0) is 19.8. The highest BCUT2D eigenvalue weighted by molar-refractivity contribution is 6.09. The molecule has 6 heteroatoms. The Morgan fingerprint density at radius 1 is 1.11 bits per heavy atom. The van der Waals surface area contributed by atoms with Gasteiger partial charge in [-0.2, -0.15) is 0 Å². The number of anilines is 1. The van der Waals surface area contributed by atoms with Crippen molar-refractivity contribution in [2.45, 2.75) is 13.5 Å². The van der Waals surface area contributed by atoms with E-state index in [-0.39, 0.29) is 0 Å². The van der Waals surface area contributed by atoms with E-state index in [2.05, 4.69) is 57.1 Å². The first-order valence-corrected chi connectivity index (χ1v) is 9.34. The number of rotatable bonds is 9. The summed E-state index contributed by atoms with van der Waals surface area (Å²) in [4.78, 5) is 8.75. The summed E-state index contributed by atoms with van der Waals surface area (Å²) in [6, 6.07) is 14.5. The fraction of sp³-hybridized carbons (Fsp3) is 0.227. The highest BCUT2D eigenvalue weighted by Crippen LogP contribution is 2.23. The van der Waals surface area contributed by atoms with Crippen LogP contribution in [0.15, 0.2) is 55.0 Å². The second-order valence-electron chi connectivity index (χ2n) is 6.58. The van der Waals surface area contributed by atoms with E-state index >= 15 is 0 Å². The predicted octanol–water partition coefficient (Wildman–Crippen LogP) is 3.35. The number of nitrogens with one attached hydrogen (secondary N) is 4. The van der Waals surface area contributed by atoms with Gasteiger partial charge in [0.05, 0.1) is 5.52 Å². The normalized spacial score (nSPS) is 11.4. The summed E-state index contributed by atoms with van der Waals surface area (Å²) in [6.07, 6.45) is 4.72. The van der Waals surface area contributed by atoms with Crippen molar-refractivity contribution >= 4 is 28.5 Å². The largest absolute Gasteiger partial charge is 0.393 e. The van der Waals surface area contributed by atoms with E-state index in [0.717, 1.165) is 47.5 Å². The summed E-state index contributed by atoms with van der Waals surface area (Å²) < 4.78 is 0. The molecule has 1 heterocycles. The molecule has 0 saturated carbocycles. The molecule has 0 amide bonds. The van der Waals surface area contributed by atoms with Crippen molar-refractivity contribution in [1.82, 2.24) is 20.6 Å². The Bertz CT molecular complexity index is 980. The topological polar surface area (TPSA) is 85.7 Å². The van der Waals surface area contributed by atoms with Crippen molar-refractivity contribution in [3.8, 4) is 0 Å². The van der Waals surface area contributed by atoms with E-state index < -0.39 is 0 Å². The highest BCUT2D eigenvalue weighted by Gasteiger charge is 2.06. The molecule has 0 bridgehead atoms. The van der Waals surface area contributed by atoms with Crippen LogP contribution in [0.5, 0.6) is 0 Å². The van der Waals surface area contributed by atoms with Crippen LogP contribution in [-0.4, -0.2) is 36.3 Å². The minimum Gasteiger partial charge on any atom is -0.393 e. The molecule has 2 aromatic carbocycles. The lowest BCUT2D eigenvalue weighted by Gasteiger charge is -2.11. The number of hydrogen-bond acceptors (Lipinski definition) is 6. The molecular formula is C22H26N6. The van der Waals surface area contributed by atoms with Gasteiger partial charge in [0.1, 0.15) is 12.1 Å². The molecule has 1 aromatic heterocycles. The van der Waals surface area contributed by atoms with Crippen molar-refractivity contribution in [2.24, 2.45) is 0 Å². The third kappa shape index (κ3) is 4.92. The molecule has 28 heavy (non-hydrogen) atoms. The number of benzene rings is 2. The van der Waals surface area contributed by atoms with Crippen LogP contribution in [0.2, 0.25) is 0 Å². The second kappa shape index (κ2) is 9.62. The van der Waals surface area contributed by atoms with Gasteiger partial charge in [0.25, 0.3) is 0 Å². The molecular weight excluding hydrogens is 348 g/mol. The number of aryl methyl sites for hydroxylation is 1. The molecule has 0 aliphatic heterocycles. The van der Waals surface area contributed by atoms with E-state index in [0.29, 0.717) is 0 Å². The van der Waals surface area contributed by atoms with Gasteiger partial charge in [0.2, 0.25) is 0 Å². The van der Waals surface area contributed by atoms with Crippen molar-refractivity contribution in [3.05, 3.63) is 71.7 Å². The van der Waals surface area contributed by atoms with Crippen LogP contribution >= 0.6 is 0 Å². The van der Waals surface area contributed by atoms with E-state index in [1.54, 1.807) is 12.5 Å². The van der Waals surface area contributed by atoms with Gasteiger partial charge in [-0.25, -0.2) is 9.97 Å². The second-order valence-corrected chi connectivity index (χ2v) is 6.58. The molecule has 0 radical (unpaired) electrons. The van der Waals surface area contributed by atoms with Crippen molar-refractivity contribution in [1.29, 1.82) is 5.41 Å². The molecule has 6 nitrogen and oxygen atoms in total. The van der Waals surface area contributed by atoms with Crippen molar-refractivity contribution < 1.29 is 0 Å². The summed E-state index contributed by atoms with van der Waals surface area (Å²) in [5.74, 6) is 0.804. The van der Waals surface area contributed by atoms with Gasteiger partial charge in [-0.15, -0.1) is 0 Å². The number of allylic oxidation sites excluding steroid dienone is 1. The van der Waals surface area contributed by atoms with Gasteiger partial charge in [-0.05, 0) is 30.2 Å². The Labute approximate surface area is 165 Å². The van der Waals surface area contributed by atoms with Crippen molar-refractivity contribution in [3.63, 3.8) is 0 Å². The SMILES string of the molecule is CN/C=C(\C=N)c1ccc2ncnc(NCCNCc3cccc(C)c3)c2c1. The van der Waals surface area contributed by atoms with Crippen LogP contribution < -0.4 is 16.0 Å². The van der Waals surface area contributed by atoms with Gasteiger partial charge < -0.3 is 21.4 Å². The average molecular weight is 374 g/mol. The van der Waals surface area contributed by atoms with E-state index in [4.69, 9.17) is 5.41 Å². The zero-order valence-electron chi connectivity index (χ0n) is 16.3. The lowest BCUT2D eigenvalue weighted by Crippen LogP contribution is -2.22. The van der Waals surface area contributed by atoms with Crippen LogP contribution in [0, 0.1) is 12.3 Å². The Balaban J connectivity index is 1.65. The summed E-state index contributed by atoms with van der Waals surface area (Å²) in [6.45, 7) is 4.53. The first-order valence-electron chi connectivity index (χ1n) is 9.34. The number of nitrogens with zero attached hydrogens (tertiary/aromatic N) is 2. The molecule has 0 atom stereocenters. The monoisotopic (exact) mass is 374 g/mol. The van der Waals surface area contributed by atoms with E-state index in [1.165, 1.54) is 17.3 Å². The fourth-order valence-corrected chi connectivity index (χ4v) is 3.07. The van der Waals surface area contributed by atoms with E-state index in [9.17, 15) is 0 Å². The Morgan fingerprint density at radius 3 is 2.79 bits per heavy atom. The van der Waals surface area contributed by atoms with Gasteiger partial charge in [-0.1, -0.05) is 35.9 Å². The molecule has 3 rings (SSSR count). The molecule has 0 aliphatic rings. The summed E-state index contributed by atoms with van der Waals surface area (Å²) in [7, 11) is 1.82. The molecule has 3 aromatic rings. The molecule has 0 spiro atoms. The number of fused-ring (bicyclic) bond motifs is 1. The Kier molecular flexibility index (Phi) is 6.70. The highest BCUT2D eigenvalue weighted by atomic mass is 15.0. The Morgan fingerprint density at radius 2 is 2.00 bits per heavy atom. The summed E-state index contributed by atoms with van der Waals surface area (Å²) in [5, 5.41) is 18.4. The molecule has 0 aliphatic carbocycles. The lowest BCUT2D eigenvalue weighted by atomic mass is 10.1. The quantitative estimate of drug-likeness (QED) is 0.341. The summed E-state index contributed by atoms with van der Waals surface area (Å²) >= 11 is 0. The molecule has 144 valence electrons. The van der Waals surface area contributed by atoms with Gasteiger partial charge in [0.15, 0.2) is 0 Å². The molecule has 0 fully saturated rings. The smallest absolute Gasteiger partial charge is 0.137 e. The van der Waals surface area contributed by atoms with Crippen LogP contribution in [-0.2, 0) is 6.54 Å². The van der Waals surface area contributed by atoms with Crippen LogP contribution in [0.25, 0.3) is 16.5 Å². The maximum Gasteiger partial charge on any atom is 0.137 e. The third-order valence-electron chi connectivity index (χ3n) is 4.43. The first kappa shape index (κ1) is 19.5. The minimum atomic E-state index is 0.756. The lowest BCUT2D eigenvalue weighted by molar-refractivity contribution is 0.706. The van der Waals surface area contributed by atoms with Gasteiger partial charge in [-0.3, -0.25) is 0 Å². The Hall–Kier alpha value is -3.25. The maximum atomic E-state index is 7.62. The molecule has 4 N–H and O–H groups in total. The third-order valence-corrected chi connectivity index (χ3v) is 4.43. The first-order chi connectivity index (χ1) is 13.7. The molecule has 0 saturated heterocycles. The predicted molar refractivity (Wildman–Crippen MR) is 117 cm³/mol. The standard InChI is InChI=1S/C22H26N6/c1-16-4-3-5-17(10-16)13-25-8-9-26-22-20-11-18(19(12-23)14-24-2)6-7-21(20)27-15-28-22/h3-7,10-12,14-15,23-25H,8-9,13H2,1-2H3,(H,26,27,28)/b19-14+,23-12?. The average Bonchev–Trinajstić information content (AvgIpc) is 2.71. The maximum absolute atomic E-state index is 7.62. The van der Waals surface area contributed by atoms with E-state index in [1.807, 2.05) is 25.2 Å². The minimum absolute atomic E-state index is 0.756. The van der Waals surface area contributed by atoms with Crippen molar-refractivity contribution in [2.75, 3.05) is 25.5 Å². The number of hydrogen-bond donors (Lipinski definition) is 4. The fourth-order valence-electron chi connectivity index (χ4n) is 3.07. The van der Waals surface area contributed by atoms with Crippen LogP contribution in [0.1, 0.15) is 16.7 Å². The number of aromatic nitrogens is 2. The van der Waals surface area contributed by atoms with Crippen LogP contribution in [0.4, 0.5) is 5.82 Å².